The Hall–Kier alpha value is -1.03. The van der Waals surface area contributed by atoms with Crippen molar-refractivity contribution >= 4 is 11.3 Å². The molecular formula is C13H17F3S. The Labute approximate surface area is 104 Å². The molecule has 0 bridgehead atoms. The summed E-state index contributed by atoms with van der Waals surface area (Å²) in [4.78, 5) is 2.80. The average molecular weight is 262 g/mol. The maximum absolute atomic E-state index is 11.4. The molecule has 1 rings (SSSR count). The zero-order chi connectivity index (χ0) is 13.3. The number of halogens is 3. The van der Waals surface area contributed by atoms with E-state index in [1.165, 1.54) is 15.8 Å². The normalized spacial score (nSPS) is 11.9. The summed E-state index contributed by atoms with van der Waals surface area (Å²) < 4.78 is 34.2. The summed E-state index contributed by atoms with van der Waals surface area (Å²) in [5.74, 6) is 0. The summed E-state index contributed by atoms with van der Waals surface area (Å²) in [6, 6.07) is 4.28. The molecule has 0 saturated heterocycles. The first-order chi connectivity index (χ1) is 7.85. The molecule has 4 heteroatoms. The average Bonchev–Trinajstić information content (AvgIpc) is 2.57. The molecule has 0 fully saturated rings. The van der Waals surface area contributed by atoms with Crippen molar-refractivity contribution in [2.75, 3.05) is 0 Å². The van der Waals surface area contributed by atoms with Gasteiger partial charge in [0.05, 0.1) is 6.42 Å². The van der Waals surface area contributed by atoms with Crippen LogP contribution in [0, 0.1) is 13.8 Å². The van der Waals surface area contributed by atoms with Crippen LogP contribution in [0.2, 0.25) is 0 Å². The van der Waals surface area contributed by atoms with Crippen LogP contribution in [0.25, 0.3) is 0 Å². The van der Waals surface area contributed by atoms with E-state index in [1.54, 1.807) is 19.1 Å². The van der Waals surface area contributed by atoms with Crippen molar-refractivity contribution in [3.05, 3.63) is 46.2 Å². The number of hydrogen-bond donors (Lipinski definition) is 0. The Bertz CT molecular complexity index is 342. The summed E-state index contributed by atoms with van der Waals surface area (Å²) in [5, 5.41) is 0. The lowest BCUT2D eigenvalue weighted by Crippen LogP contribution is -2.03. The van der Waals surface area contributed by atoms with Crippen molar-refractivity contribution in [3.63, 3.8) is 0 Å². The van der Waals surface area contributed by atoms with Crippen LogP contribution < -0.4 is 0 Å². The van der Waals surface area contributed by atoms with E-state index in [-0.39, 0.29) is 0 Å². The maximum Gasteiger partial charge on any atom is 0.392 e. The Balaban J connectivity index is 0.000000318. The first-order valence-electron chi connectivity index (χ1n) is 5.23. The highest BCUT2D eigenvalue weighted by Crippen LogP contribution is 2.19. The van der Waals surface area contributed by atoms with Crippen LogP contribution in [0.5, 0.6) is 0 Å². The fourth-order valence-electron chi connectivity index (χ4n) is 0.948. The molecule has 0 atom stereocenters. The minimum absolute atomic E-state index is 0.850. The molecule has 0 radical (unpaired) electrons. The van der Waals surface area contributed by atoms with Gasteiger partial charge >= 0.3 is 6.18 Å². The highest BCUT2D eigenvalue weighted by Gasteiger charge is 2.24. The molecule has 0 unspecified atom stereocenters. The quantitative estimate of drug-likeness (QED) is 0.623. The first-order valence-corrected chi connectivity index (χ1v) is 6.04. The van der Waals surface area contributed by atoms with Crippen LogP contribution in [-0.2, 0) is 0 Å². The van der Waals surface area contributed by atoms with Crippen LogP contribution in [0.15, 0.2) is 36.4 Å². The number of hydrogen-bond acceptors (Lipinski definition) is 1. The van der Waals surface area contributed by atoms with E-state index >= 15 is 0 Å². The van der Waals surface area contributed by atoms with Crippen LogP contribution in [0.4, 0.5) is 13.2 Å². The molecule has 17 heavy (non-hydrogen) atoms. The van der Waals surface area contributed by atoms with Crippen molar-refractivity contribution in [2.45, 2.75) is 33.4 Å². The van der Waals surface area contributed by atoms with Crippen molar-refractivity contribution in [3.8, 4) is 0 Å². The third kappa shape index (κ3) is 11.2. The van der Waals surface area contributed by atoms with Gasteiger partial charge in [0, 0.05) is 9.75 Å². The molecule has 96 valence electrons. The molecule has 0 saturated carbocycles. The summed E-state index contributed by atoms with van der Waals surface area (Å²) >= 11 is 1.84. The number of thiophene rings is 1. The van der Waals surface area contributed by atoms with Gasteiger partial charge in [0.25, 0.3) is 0 Å². The monoisotopic (exact) mass is 262 g/mol. The Morgan fingerprint density at radius 2 is 1.65 bits per heavy atom. The smallest absolute Gasteiger partial charge is 0.171 e. The van der Waals surface area contributed by atoms with E-state index in [0.29, 0.717) is 0 Å². The summed E-state index contributed by atoms with van der Waals surface area (Å²) in [5.41, 5.74) is 0. The lowest BCUT2D eigenvalue weighted by atomic mass is 10.3. The van der Waals surface area contributed by atoms with E-state index in [2.05, 4.69) is 26.0 Å². The van der Waals surface area contributed by atoms with Crippen LogP contribution in [-0.4, -0.2) is 6.18 Å². The third-order valence-corrected chi connectivity index (χ3v) is 2.58. The molecule has 0 aromatic carbocycles. The van der Waals surface area contributed by atoms with Crippen molar-refractivity contribution < 1.29 is 13.2 Å². The van der Waals surface area contributed by atoms with E-state index in [4.69, 9.17) is 0 Å². The standard InChI is InChI=1S/C7H9F3.C6H8S/c1-2-3-4-5-6-7(8,9)10;1-5-3-4-6(2)7-5/h2-5H,6H2,1H3;3-4H,1-2H3/b3-2-,5-4-;. The van der Waals surface area contributed by atoms with Gasteiger partial charge in [0.1, 0.15) is 0 Å². The van der Waals surface area contributed by atoms with E-state index in [0.717, 1.165) is 6.08 Å². The molecule has 0 aliphatic heterocycles. The molecule has 0 N–H and O–H groups in total. The van der Waals surface area contributed by atoms with Crippen LogP contribution in [0.1, 0.15) is 23.1 Å². The van der Waals surface area contributed by atoms with Gasteiger partial charge in [0.15, 0.2) is 0 Å². The van der Waals surface area contributed by atoms with E-state index in [9.17, 15) is 13.2 Å². The van der Waals surface area contributed by atoms with Crippen molar-refractivity contribution in [2.24, 2.45) is 0 Å². The lowest BCUT2D eigenvalue weighted by Gasteiger charge is -1.98. The van der Waals surface area contributed by atoms with Gasteiger partial charge in [-0.1, -0.05) is 24.3 Å². The molecule has 0 aliphatic carbocycles. The van der Waals surface area contributed by atoms with E-state index < -0.39 is 12.6 Å². The Morgan fingerprint density at radius 1 is 1.12 bits per heavy atom. The summed E-state index contributed by atoms with van der Waals surface area (Å²) in [6.45, 7) is 5.99. The minimum Gasteiger partial charge on any atom is -0.171 e. The molecular weight excluding hydrogens is 245 g/mol. The fraction of sp³-hybridized carbons (Fsp3) is 0.385. The molecule has 0 nitrogen and oxygen atoms in total. The molecule has 0 aliphatic rings. The summed E-state index contributed by atoms with van der Waals surface area (Å²) in [7, 11) is 0. The third-order valence-electron chi connectivity index (χ3n) is 1.66. The second-order valence-electron chi connectivity index (χ2n) is 3.43. The molecule has 0 spiro atoms. The van der Waals surface area contributed by atoms with Crippen LogP contribution in [0.3, 0.4) is 0 Å². The predicted molar refractivity (Wildman–Crippen MR) is 68.4 cm³/mol. The van der Waals surface area contributed by atoms with Gasteiger partial charge in [-0.25, -0.2) is 0 Å². The van der Waals surface area contributed by atoms with Gasteiger partial charge in [-0.15, -0.1) is 11.3 Å². The van der Waals surface area contributed by atoms with Gasteiger partial charge < -0.3 is 0 Å². The first kappa shape index (κ1) is 16.0. The van der Waals surface area contributed by atoms with Crippen molar-refractivity contribution in [1.82, 2.24) is 0 Å². The molecule has 1 aromatic heterocycles. The molecule has 1 aromatic rings. The van der Waals surface area contributed by atoms with E-state index in [1.807, 2.05) is 11.3 Å². The maximum atomic E-state index is 11.4. The highest BCUT2D eigenvalue weighted by molar-refractivity contribution is 7.11. The zero-order valence-electron chi connectivity index (χ0n) is 10.2. The summed E-state index contributed by atoms with van der Waals surface area (Å²) in [6.07, 6.45) is 0.779. The number of rotatable bonds is 2. The largest absolute Gasteiger partial charge is 0.392 e. The van der Waals surface area contributed by atoms with Gasteiger partial charge in [0.2, 0.25) is 0 Å². The van der Waals surface area contributed by atoms with Crippen molar-refractivity contribution in [1.29, 1.82) is 0 Å². The number of aryl methyl sites for hydroxylation is 2. The van der Waals surface area contributed by atoms with Gasteiger partial charge in [-0.05, 0) is 32.9 Å². The highest BCUT2D eigenvalue weighted by atomic mass is 32.1. The molecule has 1 heterocycles. The topological polar surface area (TPSA) is 0 Å². The SMILES string of the molecule is C/C=C\C=C/CC(F)(F)F.Cc1ccc(C)s1. The van der Waals surface area contributed by atoms with Crippen LogP contribution >= 0.6 is 11.3 Å². The Morgan fingerprint density at radius 3 is 1.94 bits per heavy atom. The molecule has 0 amide bonds. The number of alkyl halides is 3. The lowest BCUT2D eigenvalue weighted by molar-refractivity contribution is -0.125. The fourth-order valence-corrected chi connectivity index (χ4v) is 1.73. The second kappa shape index (κ2) is 8.12. The number of allylic oxidation sites excluding steroid dienone is 4. The minimum atomic E-state index is -4.07. The van der Waals surface area contributed by atoms with Gasteiger partial charge in [-0.3, -0.25) is 0 Å². The second-order valence-corrected chi connectivity index (χ2v) is 4.92. The Kier molecular flexibility index (Phi) is 7.63. The predicted octanol–water partition coefficient (Wildman–Crippen LogP) is 5.44. The van der Waals surface area contributed by atoms with Gasteiger partial charge in [-0.2, -0.15) is 13.2 Å². The zero-order valence-corrected chi connectivity index (χ0v) is 11.0.